The molecule has 9 heteroatoms. The Hall–Kier alpha value is -1.03. The van der Waals surface area contributed by atoms with Gasteiger partial charge in [-0.2, -0.15) is 0 Å². The van der Waals surface area contributed by atoms with E-state index in [2.05, 4.69) is 4.72 Å². The molecule has 0 amide bonds. The van der Waals surface area contributed by atoms with Gasteiger partial charge in [-0.25, -0.2) is 25.9 Å². The summed E-state index contributed by atoms with van der Waals surface area (Å²) in [5, 5.41) is 0. The first kappa shape index (κ1) is 14.4. The highest BCUT2D eigenvalue weighted by molar-refractivity contribution is 7.91. The summed E-state index contributed by atoms with van der Waals surface area (Å²) in [6.45, 7) is 0. The fourth-order valence-electron chi connectivity index (χ4n) is 1.53. The van der Waals surface area contributed by atoms with Crippen molar-refractivity contribution in [3.63, 3.8) is 0 Å². The summed E-state index contributed by atoms with van der Waals surface area (Å²) in [5.74, 6) is -1.01. The SMILES string of the molecule is CS(=O)(=O)c1ccc(F)c(S(=O)(=O)NC2CC2N)c1. The topological polar surface area (TPSA) is 106 Å². The molecule has 106 valence electrons. The van der Waals surface area contributed by atoms with Crippen molar-refractivity contribution in [1.82, 2.24) is 4.72 Å². The minimum atomic E-state index is -4.11. The molecular formula is C10H13FN2O4S2. The van der Waals surface area contributed by atoms with E-state index in [9.17, 15) is 21.2 Å². The van der Waals surface area contributed by atoms with Gasteiger partial charge >= 0.3 is 0 Å². The normalized spacial score (nSPS) is 23.3. The third kappa shape index (κ3) is 3.11. The summed E-state index contributed by atoms with van der Waals surface area (Å²) < 4.78 is 62.4. The van der Waals surface area contributed by atoms with Gasteiger partial charge in [0.05, 0.1) is 4.90 Å². The molecule has 0 heterocycles. The summed E-state index contributed by atoms with van der Waals surface area (Å²) in [7, 11) is -7.72. The van der Waals surface area contributed by atoms with Crippen molar-refractivity contribution in [1.29, 1.82) is 0 Å². The Labute approximate surface area is 110 Å². The molecule has 0 aliphatic heterocycles. The maximum Gasteiger partial charge on any atom is 0.243 e. The zero-order valence-electron chi connectivity index (χ0n) is 10.00. The highest BCUT2D eigenvalue weighted by Gasteiger charge is 2.38. The van der Waals surface area contributed by atoms with E-state index in [1.165, 1.54) is 0 Å². The number of sulfone groups is 1. The second kappa shape index (κ2) is 4.51. The Kier molecular flexibility index (Phi) is 3.42. The molecule has 3 N–H and O–H groups in total. The van der Waals surface area contributed by atoms with Gasteiger partial charge in [-0.3, -0.25) is 0 Å². The molecule has 0 bridgehead atoms. The lowest BCUT2D eigenvalue weighted by Gasteiger charge is -2.08. The molecule has 2 rings (SSSR count). The third-order valence-corrected chi connectivity index (χ3v) is 5.38. The average molecular weight is 308 g/mol. The van der Waals surface area contributed by atoms with Gasteiger partial charge in [0, 0.05) is 18.3 Å². The van der Waals surface area contributed by atoms with Crippen LogP contribution in [0.5, 0.6) is 0 Å². The molecular weight excluding hydrogens is 295 g/mol. The number of nitrogens with two attached hydrogens (primary N) is 1. The number of hydrogen-bond acceptors (Lipinski definition) is 5. The van der Waals surface area contributed by atoms with Crippen LogP contribution in [0.15, 0.2) is 28.0 Å². The predicted octanol–water partition coefficient (Wildman–Crippen LogP) is -0.393. The minimum Gasteiger partial charge on any atom is -0.326 e. The first-order valence-electron chi connectivity index (χ1n) is 5.39. The Bertz CT molecular complexity index is 715. The quantitative estimate of drug-likeness (QED) is 0.737. The predicted molar refractivity (Wildman–Crippen MR) is 66.2 cm³/mol. The first-order chi connectivity index (χ1) is 8.61. The van der Waals surface area contributed by atoms with E-state index >= 15 is 0 Å². The van der Waals surface area contributed by atoms with E-state index in [1.54, 1.807) is 0 Å². The van der Waals surface area contributed by atoms with Gasteiger partial charge in [0.1, 0.15) is 10.7 Å². The molecule has 1 aromatic carbocycles. The van der Waals surface area contributed by atoms with Gasteiger partial charge in [-0.1, -0.05) is 0 Å². The van der Waals surface area contributed by atoms with Crippen molar-refractivity contribution < 1.29 is 21.2 Å². The van der Waals surface area contributed by atoms with Crippen molar-refractivity contribution in [3.05, 3.63) is 24.0 Å². The van der Waals surface area contributed by atoms with Gasteiger partial charge < -0.3 is 5.73 Å². The molecule has 6 nitrogen and oxygen atoms in total. The van der Waals surface area contributed by atoms with Gasteiger partial charge in [0.2, 0.25) is 10.0 Å². The molecule has 2 atom stereocenters. The van der Waals surface area contributed by atoms with E-state index in [-0.39, 0.29) is 10.9 Å². The second-order valence-electron chi connectivity index (χ2n) is 4.49. The van der Waals surface area contributed by atoms with Crippen LogP contribution in [0, 0.1) is 5.82 Å². The molecule has 19 heavy (non-hydrogen) atoms. The Morgan fingerprint density at radius 1 is 1.32 bits per heavy atom. The van der Waals surface area contributed by atoms with Crippen LogP contribution >= 0.6 is 0 Å². The minimum absolute atomic E-state index is 0.255. The van der Waals surface area contributed by atoms with Crippen molar-refractivity contribution in [2.24, 2.45) is 5.73 Å². The highest BCUT2D eigenvalue weighted by Crippen LogP contribution is 2.24. The molecule has 0 spiro atoms. The van der Waals surface area contributed by atoms with Crippen LogP contribution < -0.4 is 10.5 Å². The standard InChI is InChI=1S/C10H13FN2O4S2/c1-18(14,15)6-2-3-7(11)10(4-6)19(16,17)13-9-5-8(9)12/h2-4,8-9,13H,5,12H2,1H3. The fraction of sp³-hybridized carbons (Fsp3) is 0.400. The van der Waals surface area contributed by atoms with Crippen LogP contribution in [0.3, 0.4) is 0 Å². The number of sulfonamides is 1. The maximum atomic E-state index is 13.6. The molecule has 2 unspecified atom stereocenters. The lowest BCUT2D eigenvalue weighted by Crippen LogP contribution is -2.30. The monoisotopic (exact) mass is 308 g/mol. The van der Waals surface area contributed by atoms with Crippen molar-refractivity contribution in [3.8, 4) is 0 Å². The smallest absolute Gasteiger partial charge is 0.243 e. The molecule has 0 radical (unpaired) electrons. The maximum absolute atomic E-state index is 13.6. The molecule has 0 saturated heterocycles. The summed E-state index contributed by atoms with van der Waals surface area (Å²) in [4.78, 5) is -0.941. The van der Waals surface area contributed by atoms with Crippen LogP contribution in [-0.2, 0) is 19.9 Å². The fourth-order valence-corrected chi connectivity index (χ4v) is 3.66. The van der Waals surface area contributed by atoms with Crippen molar-refractivity contribution >= 4 is 19.9 Å². The zero-order valence-corrected chi connectivity index (χ0v) is 11.6. The third-order valence-electron chi connectivity index (χ3n) is 2.77. The van der Waals surface area contributed by atoms with Crippen LogP contribution in [-0.4, -0.2) is 35.2 Å². The van der Waals surface area contributed by atoms with E-state index in [0.29, 0.717) is 6.42 Å². The summed E-state index contributed by atoms with van der Waals surface area (Å²) in [6.07, 6.45) is 1.40. The van der Waals surface area contributed by atoms with Crippen LogP contribution in [0.1, 0.15) is 6.42 Å². The number of rotatable bonds is 4. The Balaban J connectivity index is 2.43. The largest absolute Gasteiger partial charge is 0.326 e. The van der Waals surface area contributed by atoms with Crippen molar-refractivity contribution in [2.75, 3.05) is 6.26 Å². The Morgan fingerprint density at radius 3 is 2.37 bits per heavy atom. The van der Waals surface area contributed by atoms with Crippen LogP contribution in [0.4, 0.5) is 4.39 Å². The summed E-state index contributed by atoms with van der Waals surface area (Å²) in [5.41, 5.74) is 5.47. The molecule has 1 aliphatic rings. The molecule has 0 aromatic heterocycles. The van der Waals surface area contributed by atoms with E-state index < -0.39 is 36.6 Å². The van der Waals surface area contributed by atoms with Crippen LogP contribution in [0.2, 0.25) is 0 Å². The van der Waals surface area contributed by atoms with E-state index in [0.717, 1.165) is 24.5 Å². The molecule has 1 aliphatic carbocycles. The van der Waals surface area contributed by atoms with Gasteiger partial charge in [0.25, 0.3) is 0 Å². The second-order valence-corrected chi connectivity index (χ2v) is 8.19. The van der Waals surface area contributed by atoms with Gasteiger partial charge in [-0.05, 0) is 24.6 Å². The molecule has 1 fully saturated rings. The van der Waals surface area contributed by atoms with Crippen molar-refractivity contribution in [2.45, 2.75) is 28.3 Å². The molecule has 1 saturated carbocycles. The van der Waals surface area contributed by atoms with Gasteiger partial charge in [0.15, 0.2) is 9.84 Å². The number of halogens is 1. The molecule has 1 aromatic rings. The lowest BCUT2D eigenvalue weighted by atomic mass is 10.3. The summed E-state index contributed by atoms with van der Waals surface area (Å²) in [6, 6.07) is 1.94. The number of benzene rings is 1. The highest BCUT2D eigenvalue weighted by atomic mass is 32.2. The van der Waals surface area contributed by atoms with E-state index in [4.69, 9.17) is 5.73 Å². The Morgan fingerprint density at radius 2 is 1.89 bits per heavy atom. The number of hydrogen-bond donors (Lipinski definition) is 2. The number of nitrogens with one attached hydrogen (secondary N) is 1. The van der Waals surface area contributed by atoms with Gasteiger partial charge in [-0.15, -0.1) is 0 Å². The summed E-state index contributed by atoms with van der Waals surface area (Å²) >= 11 is 0. The first-order valence-corrected chi connectivity index (χ1v) is 8.76. The van der Waals surface area contributed by atoms with E-state index in [1.807, 2.05) is 0 Å². The lowest BCUT2D eigenvalue weighted by molar-refractivity contribution is 0.554. The van der Waals surface area contributed by atoms with Crippen LogP contribution in [0.25, 0.3) is 0 Å². The zero-order chi connectivity index (χ0) is 14.4. The average Bonchev–Trinajstić information content (AvgIpc) is 2.91.